The van der Waals surface area contributed by atoms with Gasteiger partial charge in [-0.1, -0.05) is 19.4 Å². The van der Waals surface area contributed by atoms with Crippen LogP contribution in [-0.2, 0) is 6.54 Å². The third kappa shape index (κ3) is 4.20. The van der Waals surface area contributed by atoms with Gasteiger partial charge in [0.2, 0.25) is 0 Å². The molecule has 1 aromatic rings. The van der Waals surface area contributed by atoms with Crippen molar-refractivity contribution in [2.75, 3.05) is 18.0 Å². The Bertz CT molecular complexity index is 399. The summed E-state index contributed by atoms with van der Waals surface area (Å²) >= 11 is 0. The number of pyridine rings is 1. The Morgan fingerprint density at radius 3 is 2.68 bits per heavy atom. The van der Waals surface area contributed by atoms with Gasteiger partial charge in [-0.05, 0) is 44.7 Å². The highest BCUT2D eigenvalue weighted by atomic mass is 15.2. The lowest BCUT2D eigenvalue weighted by Crippen LogP contribution is -2.25. The van der Waals surface area contributed by atoms with Crippen LogP contribution in [0.1, 0.15) is 50.8 Å². The molecule has 0 aliphatic heterocycles. The summed E-state index contributed by atoms with van der Waals surface area (Å²) in [7, 11) is 0. The molecule has 0 spiro atoms. The smallest absolute Gasteiger partial charge is 0.128 e. The Morgan fingerprint density at radius 2 is 2.11 bits per heavy atom. The molecule has 3 nitrogen and oxygen atoms in total. The first-order chi connectivity index (χ1) is 9.24. The van der Waals surface area contributed by atoms with Gasteiger partial charge in [-0.2, -0.15) is 0 Å². The fourth-order valence-electron chi connectivity index (χ4n) is 2.26. The van der Waals surface area contributed by atoms with Crippen molar-refractivity contribution in [2.24, 2.45) is 0 Å². The largest absolute Gasteiger partial charge is 0.357 e. The quantitative estimate of drug-likeness (QED) is 0.778. The van der Waals surface area contributed by atoms with E-state index in [0.29, 0.717) is 0 Å². The Hall–Kier alpha value is -1.09. The summed E-state index contributed by atoms with van der Waals surface area (Å²) in [5.41, 5.74) is 2.50. The third-order valence-corrected chi connectivity index (χ3v) is 3.83. The van der Waals surface area contributed by atoms with Crippen LogP contribution >= 0.6 is 0 Å². The fourth-order valence-corrected chi connectivity index (χ4v) is 2.26. The zero-order valence-electron chi connectivity index (χ0n) is 12.6. The number of anilines is 1. The number of rotatable bonds is 8. The van der Waals surface area contributed by atoms with Crippen LogP contribution in [0.5, 0.6) is 0 Å². The Kier molecular flexibility index (Phi) is 5.20. The minimum absolute atomic E-state index is 0.760. The van der Waals surface area contributed by atoms with Gasteiger partial charge in [-0.3, -0.25) is 0 Å². The molecule has 0 amide bonds. The Morgan fingerprint density at radius 1 is 1.32 bits per heavy atom. The monoisotopic (exact) mass is 261 g/mol. The molecular formula is C16H27N3. The predicted molar refractivity (Wildman–Crippen MR) is 81.6 cm³/mol. The molecule has 1 aliphatic rings. The lowest BCUT2D eigenvalue weighted by molar-refractivity contribution is 0.680. The number of hydrogen-bond acceptors (Lipinski definition) is 3. The maximum Gasteiger partial charge on any atom is 0.128 e. The molecule has 1 aromatic heterocycles. The zero-order valence-corrected chi connectivity index (χ0v) is 12.6. The normalized spacial score (nSPS) is 14.7. The highest BCUT2D eigenvalue weighted by Gasteiger charge is 2.20. The van der Waals surface area contributed by atoms with Crippen LogP contribution in [0.25, 0.3) is 0 Å². The molecule has 0 atom stereocenters. The zero-order chi connectivity index (χ0) is 13.7. The number of unbranched alkanes of at least 4 members (excludes halogenated alkanes) is 1. The van der Waals surface area contributed by atoms with Crippen molar-refractivity contribution in [2.45, 2.75) is 59.0 Å². The van der Waals surface area contributed by atoms with E-state index in [4.69, 9.17) is 4.98 Å². The first kappa shape index (κ1) is 14.3. The van der Waals surface area contributed by atoms with Crippen LogP contribution in [0, 0.1) is 6.92 Å². The van der Waals surface area contributed by atoms with Gasteiger partial charge in [0.15, 0.2) is 0 Å². The van der Waals surface area contributed by atoms with Gasteiger partial charge in [-0.25, -0.2) is 4.98 Å². The molecule has 106 valence electrons. The summed E-state index contributed by atoms with van der Waals surface area (Å²) in [5.74, 6) is 1.13. The van der Waals surface area contributed by atoms with E-state index in [-0.39, 0.29) is 0 Å². The standard InChI is InChI=1S/C16H27N3/c1-4-6-11-19(5-2)16-10-7-14(13(3)18-16)12-17-15-8-9-15/h7,10,15,17H,4-6,8-9,11-12H2,1-3H3. The number of aryl methyl sites for hydroxylation is 1. The summed E-state index contributed by atoms with van der Waals surface area (Å²) in [6.45, 7) is 9.67. The molecule has 0 unspecified atom stereocenters. The molecule has 1 saturated carbocycles. The van der Waals surface area contributed by atoms with Gasteiger partial charge < -0.3 is 10.2 Å². The highest BCUT2D eigenvalue weighted by molar-refractivity contribution is 5.41. The van der Waals surface area contributed by atoms with Crippen molar-refractivity contribution < 1.29 is 0 Å². The molecule has 0 aromatic carbocycles. The molecule has 1 N–H and O–H groups in total. The summed E-state index contributed by atoms with van der Waals surface area (Å²) in [5, 5.41) is 3.56. The average molecular weight is 261 g/mol. The molecule has 19 heavy (non-hydrogen) atoms. The molecular weight excluding hydrogens is 234 g/mol. The van der Waals surface area contributed by atoms with Crippen LogP contribution in [0.3, 0.4) is 0 Å². The van der Waals surface area contributed by atoms with Gasteiger partial charge in [0.25, 0.3) is 0 Å². The van der Waals surface area contributed by atoms with Crippen LogP contribution in [-0.4, -0.2) is 24.1 Å². The van der Waals surface area contributed by atoms with E-state index in [1.807, 2.05) is 0 Å². The van der Waals surface area contributed by atoms with Crippen molar-refractivity contribution in [3.05, 3.63) is 23.4 Å². The predicted octanol–water partition coefficient (Wildman–Crippen LogP) is 3.27. The van der Waals surface area contributed by atoms with Gasteiger partial charge in [0.05, 0.1) is 0 Å². The second-order valence-corrected chi connectivity index (χ2v) is 5.50. The van der Waals surface area contributed by atoms with Crippen LogP contribution in [0.2, 0.25) is 0 Å². The highest BCUT2D eigenvalue weighted by Crippen LogP contribution is 2.20. The minimum Gasteiger partial charge on any atom is -0.357 e. The summed E-state index contributed by atoms with van der Waals surface area (Å²) in [6.07, 6.45) is 5.15. The van der Waals surface area contributed by atoms with E-state index < -0.39 is 0 Å². The second kappa shape index (κ2) is 6.90. The molecule has 0 bridgehead atoms. The van der Waals surface area contributed by atoms with Crippen molar-refractivity contribution in [3.8, 4) is 0 Å². The van der Waals surface area contributed by atoms with Crippen molar-refractivity contribution in [1.82, 2.24) is 10.3 Å². The van der Waals surface area contributed by atoms with E-state index in [2.05, 4.69) is 43.1 Å². The van der Waals surface area contributed by atoms with E-state index >= 15 is 0 Å². The van der Waals surface area contributed by atoms with Crippen LogP contribution < -0.4 is 10.2 Å². The minimum atomic E-state index is 0.760. The van der Waals surface area contributed by atoms with Crippen molar-refractivity contribution in [1.29, 1.82) is 0 Å². The number of aromatic nitrogens is 1. The average Bonchev–Trinajstić information content (AvgIpc) is 3.23. The van der Waals surface area contributed by atoms with Gasteiger partial charge in [0, 0.05) is 31.4 Å². The Labute approximate surface area is 117 Å². The molecule has 1 heterocycles. The molecule has 1 aliphatic carbocycles. The number of nitrogens with zero attached hydrogens (tertiary/aromatic N) is 2. The maximum absolute atomic E-state index is 4.78. The van der Waals surface area contributed by atoms with E-state index in [0.717, 1.165) is 31.5 Å². The maximum atomic E-state index is 4.78. The van der Waals surface area contributed by atoms with Crippen molar-refractivity contribution >= 4 is 5.82 Å². The SMILES string of the molecule is CCCCN(CC)c1ccc(CNC2CC2)c(C)n1. The second-order valence-electron chi connectivity index (χ2n) is 5.50. The summed E-state index contributed by atoms with van der Waals surface area (Å²) < 4.78 is 0. The summed E-state index contributed by atoms with van der Waals surface area (Å²) in [6, 6.07) is 5.17. The van der Waals surface area contributed by atoms with Crippen LogP contribution in [0.15, 0.2) is 12.1 Å². The van der Waals surface area contributed by atoms with E-state index in [1.165, 1.54) is 36.9 Å². The van der Waals surface area contributed by atoms with Gasteiger partial charge in [0.1, 0.15) is 5.82 Å². The lowest BCUT2D eigenvalue weighted by atomic mass is 10.2. The first-order valence-electron chi connectivity index (χ1n) is 7.69. The van der Waals surface area contributed by atoms with E-state index in [1.54, 1.807) is 0 Å². The first-order valence-corrected chi connectivity index (χ1v) is 7.69. The van der Waals surface area contributed by atoms with E-state index in [9.17, 15) is 0 Å². The molecule has 3 heteroatoms. The molecule has 0 radical (unpaired) electrons. The molecule has 0 saturated heterocycles. The van der Waals surface area contributed by atoms with Gasteiger partial charge in [-0.15, -0.1) is 0 Å². The lowest BCUT2D eigenvalue weighted by Gasteiger charge is -2.22. The number of hydrogen-bond donors (Lipinski definition) is 1. The van der Waals surface area contributed by atoms with Crippen molar-refractivity contribution in [3.63, 3.8) is 0 Å². The molecule has 2 rings (SSSR count). The molecule has 1 fully saturated rings. The van der Waals surface area contributed by atoms with Gasteiger partial charge >= 0.3 is 0 Å². The Balaban J connectivity index is 1.98. The topological polar surface area (TPSA) is 28.2 Å². The third-order valence-electron chi connectivity index (χ3n) is 3.83. The fraction of sp³-hybridized carbons (Fsp3) is 0.688. The summed E-state index contributed by atoms with van der Waals surface area (Å²) in [4.78, 5) is 7.15. The number of nitrogens with one attached hydrogen (secondary N) is 1. The van der Waals surface area contributed by atoms with Crippen LogP contribution in [0.4, 0.5) is 5.82 Å².